The number of carboxylic acid groups (broad SMARTS) is 1. The van der Waals surface area contributed by atoms with Crippen LogP contribution in [0.25, 0.3) is 0 Å². The first-order valence-electron chi connectivity index (χ1n) is 6.72. The number of sulfonamides is 1. The van der Waals surface area contributed by atoms with Gasteiger partial charge in [0.1, 0.15) is 19.3 Å². The number of aliphatic carboxylic acids is 1. The lowest BCUT2D eigenvalue weighted by molar-refractivity contribution is -0.140. The number of carboxylic acids is 1. The van der Waals surface area contributed by atoms with Crippen molar-refractivity contribution in [2.75, 3.05) is 19.8 Å². The van der Waals surface area contributed by atoms with Crippen molar-refractivity contribution in [2.45, 2.75) is 23.5 Å². The molecule has 2 aliphatic heterocycles. The predicted molar refractivity (Wildman–Crippen MR) is 73.4 cm³/mol. The molecule has 0 aliphatic carbocycles. The number of ether oxygens (including phenoxy) is 2. The van der Waals surface area contributed by atoms with E-state index in [4.69, 9.17) is 14.6 Å². The summed E-state index contributed by atoms with van der Waals surface area (Å²) in [7, 11) is -4.04. The fourth-order valence-corrected chi connectivity index (χ4v) is 4.24. The molecule has 1 saturated heterocycles. The molecular formula is C13H15NO7S. The van der Waals surface area contributed by atoms with Gasteiger partial charge < -0.3 is 19.7 Å². The molecule has 8 nitrogen and oxygen atoms in total. The van der Waals surface area contributed by atoms with Crippen LogP contribution < -0.4 is 9.47 Å². The molecule has 1 fully saturated rings. The summed E-state index contributed by atoms with van der Waals surface area (Å²) < 4.78 is 36.8. The third-order valence-electron chi connectivity index (χ3n) is 3.64. The van der Waals surface area contributed by atoms with E-state index in [0.29, 0.717) is 24.7 Å². The molecule has 0 spiro atoms. The van der Waals surface area contributed by atoms with Crippen LogP contribution in [0.2, 0.25) is 0 Å². The summed E-state index contributed by atoms with van der Waals surface area (Å²) in [5, 5.41) is 18.7. The number of rotatable bonds is 3. The Bertz CT molecular complexity index is 702. The average Bonchev–Trinajstić information content (AvgIpc) is 2.90. The molecule has 120 valence electrons. The number of β-amino-alcohol motifs (C(OH)–C–C–N with tert-alkyl or cyclic N) is 1. The maximum atomic E-state index is 12.6. The van der Waals surface area contributed by atoms with Crippen LogP contribution in [0.5, 0.6) is 11.5 Å². The van der Waals surface area contributed by atoms with E-state index < -0.39 is 28.1 Å². The molecule has 22 heavy (non-hydrogen) atoms. The molecule has 9 heteroatoms. The van der Waals surface area contributed by atoms with Gasteiger partial charge in [-0.1, -0.05) is 0 Å². The molecule has 0 aromatic heterocycles. The highest BCUT2D eigenvalue weighted by molar-refractivity contribution is 7.89. The SMILES string of the molecule is O=C(O)[C@@H]1C[C@H](O)CN1S(=O)(=O)c1ccc2c(c1)OCCO2. The Balaban J connectivity index is 1.97. The zero-order chi connectivity index (χ0) is 15.9. The smallest absolute Gasteiger partial charge is 0.322 e. The van der Waals surface area contributed by atoms with Crippen molar-refractivity contribution in [1.29, 1.82) is 0 Å². The minimum absolute atomic E-state index is 0.0860. The lowest BCUT2D eigenvalue weighted by atomic mass is 10.2. The number of fused-ring (bicyclic) bond motifs is 1. The number of nitrogens with zero attached hydrogens (tertiary/aromatic N) is 1. The number of hydrogen-bond acceptors (Lipinski definition) is 6. The summed E-state index contributed by atoms with van der Waals surface area (Å²) in [6, 6.07) is 2.86. The second-order valence-electron chi connectivity index (χ2n) is 5.12. The fraction of sp³-hybridized carbons (Fsp3) is 0.462. The first kappa shape index (κ1) is 15.1. The van der Waals surface area contributed by atoms with Crippen molar-refractivity contribution in [3.63, 3.8) is 0 Å². The van der Waals surface area contributed by atoms with Gasteiger partial charge in [-0.2, -0.15) is 4.31 Å². The number of aliphatic hydroxyl groups excluding tert-OH is 1. The zero-order valence-corrected chi connectivity index (χ0v) is 12.3. The molecule has 0 amide bonds. The van der Waals surface area contributed by atoms with Crippen LogP contribution in [0.1, 0.15) is 6.42 Å². The molecule has 1 aromatic rings. The second-order valence-corrected chi connectivity index (χ2v) is 7.01. The molecule has 0 radical (unpaired) electrons. The van der Waals surface area contributed by atoms with Gasteiger partial charge in [0.25, 0.3) is 0 Å². The summed E-state index contributed by atoms with van der Waals surface area (Å²) in [4.78, 5) is 11.1. The van der Waals surface area contributed by atoms with Crippen LogP contribution in [-0.2, 0) is 14.8 Å². The summed E-state index contributed by atoms with van der Waals surface area (Å²) in [5.74, 6) is -0.530. The van der Waals surface area contributed by atoms with Crippen molar-refractivity contribution in [3.8, 4) is 11.5 Å². The maximum absolute atomic E-state index is 12.6. The molecule has 0 unspecified atom stereocenters. The lowest BCUT2D eigenvalue weighted by Gasteiger charge is -2.23. The standard InChI is InChI=1S/C13H15NO7S/c15-8-5-10(13(16)17)14(7-8)22(18,19)9-1-2-11-12(6-9)21-4-3-20-11/h1-2,6,8,10,15H,3-5,7H2,(H,16,17)/t8-,10-/m0/s1. The van der Waals surface area contributed by atoms with Crippen LogP contribution in [0, 0.1) is 0 Å². The normalized spacial score (nSPS) is 25.1. The number of hydrogen-bond donors (Lipinski definition) is 2. The maximum Gasteiger partial charge on any atom is 0.322 e. The van der Waals surface area contributed by atoms with Gasteiger partial charge in [-0.3, -0.25) is 4.79 Å². The highest BCUT2D eigenvalue weighted by Crippen LogP contribution is 2.34. The van der Waals surface area contributed by atoms with E-state index in [1.54, 1.807) is 0 Å². The number of carbonyl (C=O) groups is 1. The van der Waals surface area contributed by atoms with E-state index >= 15 is 0 Å². The lowest BCUT2D eigenvalue weighted by Crippen LogP contribution is -2.40. The zero-order valence-electron chi connectivity index (χ0n) is 11.5. The Kier molecular flexibility index (Phi) is 3.71. The van der Waals surface area contributed by atoms with Crippen molar-refractivity contribution in [1.82, 2.24) is 4.31 Å². The monoisotopic (exact) mass is 329 g/mol. The van der Waals surface area contributed by atoms with Gasteiger partial charge in [-0.25, -0.2) is 8.42 Å². The molecule has 2 N–H and O–H groups in total. The Morgan fingerprint density at radius 1 is 1.23 bits per heavy atom. The molecule has 0 bridgehead atoms. The predicted octanol–water partition coefficient (Wildman–Crippen LogP) is -0.334. The molecule has 0 saturated carbocycles. The largest absolute Gasteiger partial charge is 0.486 e. The van der Waals surface area contributed by atoms with Gasteiger partial charge in [-0.05, 0) is 12.1 Å². The van der Waals surface area contributed by atoms with Crippen molar-refractivity contribution < 1.29 is 32.9 Å². The van der Waals surface area contributed by atoms with Crippen LogP contribution in [-0.4, -0.2) is 60.8 Å². The van der Waals surface area contributed by atoms with Crippen molar-refractivity contribution in [2.24, 2.45) is 0 Å². The molecule has 3 rings (SSSR count). The summed E-state index contributed by atoms with van der Waals surface area (Å²) in [6.07, 6.45) is -1.12. The van der Waals surface area contributed by atoms with Crippen LogP contribution in [0.15, 0.2) is 23.1 Å². The van der Waals surface area contributed by atoms with Crippen molar-refractivity contribution >= 4 is 16.0 Å². The Hall–Kier alpha value is -1.84. The third-order valence-corrected chi connectivity index (χ3v) is 5.51. The quantitative estimate of drug-likeness (QED) is 0.780. The fourth-order valence-electron chi connectivity index (χ4n) is 2.59. The highest BCUT2D eigenvalue weighted by Gasteiger charge is 2.43. The van der Waals surface area contributed by atoms with Crippen molar-refractivity contribution in [3.05, 3.63) is 18.2 Å². The van der Waals surface area contributed by atoms with Gasteiger partial charge in [0, 0.05) is 19.0 Å². The third kappa shape index (κ3) is 2.51. The number of benzene rings is 1. The van der Waals surface area contributed by atoms with Gasteiger partial charge in [0.2, 0.25) is 10.0 Å². The van der Waals surface area contributed by atoms with E-state index in [1.807, 2.05) is 0 Å². The Labute approximate surface area is 126 Å². The Morgan fingerprint density at radius 3 is 2.59 bits per heavy atom. The molecule has 2 heterocycles. The van der Waals surface area contributed by atoms with Gasteiger partial charge in [0.15, 0.2) is 11.5 Å². The first-order valence-corrected chi connectivity index (χ1v) is 8.16. The molecular weight excluding hydrogens is 314 g/mol. The van der Waals surface area contributed by atoms with E-state index in [0.717, 1.165) is 4.31 Å². The second kappa shape index (κ2) is 5.41. The van der Waals surface area contributed by atoms with Crippen LogP contribution in [0.3, 0.4) is 0 Å². The van der Waals surface area contributed by atoms with E-state index in [-0.39, 0.29) is 17.9 Å². The summed E-state index contributed by atoms with van der Waals surface area (Å²) in [6.45, 7) is 0.461. The molecule has 2 atom stereocenters. The number of aliphatic hydroxyl groups is 1. The van der Waals surface area contributed by atoms with Crippen LogP contribution in [0.4, 0.5) is 0 Å². The molecule has 1 aromatic carbocycles. The summed E-state index contributed by atoms with van der Waals surface area (Å²) >= 11 is 0. The van der Waals surface area contributed by atoms with Gasteiger partial charge >= 0.3 is 5.97 Å². The van der Waals surface area contributed by atoms with Gasteiger partial charge in [-0.15, -0.1) is 0 Å². The van der Waals surface area contributed by atoms with E-state index in [2.05, 4.69) is 0 Å². The Morgan fingerprint density at radius 2 is 1.91 bits per heavy atom. The average molecular weight is 329 g/mol. The topological polar surface area (TPSA) is 113 Å². The minimum atomic E-state index is -4.04. The van der Waals surface area contributed by atoms with Crippen LogP contribution >= 0.6 is 0 Å². The molecule has 2 aliphatic rings. The highest BCUT2D eigenvalue weighted by atomic mass is 32.2. The van der Waals surface area contributed by atoms with Gasteiger partial charge in [0.05, 0.1) is 11.0 Å². The summed E-state index contributed by atoms with van der Waals surface area (Å²) in [5.41, 5.74) is 0. The van der Waals surface area contributed by atoms with E-state index in [9.17, 15) is 18.3 Å². The van der Waals surface area contributed by atoms with E-state index in [1.165, 1.54) is 18.2 Å². The first-order chi connectivity index (χ1) is 10.4. The minimum Gasteiger partial charge on any atom is -0.486 e.